The van der Waals surface area contributed by atoms with E-state index in [2.05, 4.69) is 0 Å². The number of thioether (sulfide) groups is 1. The average molecular weight is 182 g/mol. The van der Waals surface area contributed by atoms with Crippen LogP contribution in [0.1, 0.15) is 0 Å². The molecule has 5 nitrogen and oxygen atoms in total. The normalized spacial score (nSPS) is 12.5. The average Bonchev–Trinajstić information content (AvgIpc) is 1.86. The molecule has 11 heavy (non-hydrogen) atoms. The van der Waals surface area contributed by atoms with Gasteiger partial charge in [0.05, 0.1) is 5.75 Å². The van der Waals surface area contributed by atoms with E-state index >= 15 is 0 Å². The van der Waals surface area contributed by atoms with Crippen LogP contribution in [0.4, 0.5) is 0 Å². The van der Waals surface area contributed by atoms with E-state index in [4.69, 9.17) is 15.9 Å². The van der Waals surface area contributed by atoms with E-state index in [-0.39, 0.29) is 11.5 Å². The maximum Gasteiger partial charge on any atom is 0.321 e. The van der Waals surface area contributed by atoms with E-state index in [1.54, 1.807) is 0 Å². The lowest BCUT2D eigenvalue weighted by atomic mass is 10.6. The summed E-state index contributed by atoms with van der Waals surface area (Å²) in [6.45, 7) is 0. The Hall–Kier alpha value is -0.750. The molecule has 64 valence electrons. The molecular formula is C5H9NO4S. The van der Waals surface area contributed by atoms with Crippen molar-refractivity contribution in [2.24, 2.45) is 5.73 Å². The molecule has 0 bridgehead atoms. The predicted octanol–water partition coefficient (Wildman–Crippen LogP) is -0.784. The lowest BCUT2D eigenvalue weighted by Gasteiger charge is -2.02. The second-order valence-corrected chi connectivity index (χ2v) is 2.88. The minimum Gasteiger partial charge on any atom is -0.481 e. The van der Waals surface area contributed by atoms with Crippen LogP contribution in [0.15, 0.2) is 0 Å². The van der Waals surface area contributed by atoms with Gasteiger partial charge in [0, 0.05) is 5.75 Å². The largest absolute Gasteiger partial charge is 0.481 e. The van der Waals surface area contributed by atoms with Crippen molar-refractivity contribution in [3.63, 3.8) is 0 Å². The molecule has 0 aliphatic carbocycles. The summed E-state index contributed by atoms with van der Waals surface area (Å²) in [6.07, 6.45) is 0. The summed E-state index contributed by atoms with van der Waals surface area (Å²) in [5.74, 6) is -2.06. The van der Waals surface area contributed by atoms with Crippen molar-refractivity contribution in [2.45, 2.75) is 6.04 Å². The number of carboxylic acid groups (broad SMARTS) is 2. The van der Waals surface area contributed by atoms with Crippen molar-refractivity contribution in [3.05, 3.63) is 0 Å². The van der Waals surface area contributed by atoms with Crippen LogP contribution in [0, 0.1) is 0 Å². The van der Waals surface area contributed by atoms with E-state index in [9.17, 15) is 9.59 Å². The van der Waals surface area contributed by atoms with Crippen LogP contribution in [-0.2, 0) is 9.59 Å². The summed E-state index contributed by atoms with van der Waals surface area (Å²) in [7, 11) is 0. The van der Waals surface area contributed by atoms with Crippen molar-refractivity contribution in [3.8, 4) is 0 Å². The van der Waals surface area contributed by atoms with Crippen molar-refractivity contribution in [2.75, 3.05) is 11.5 Å². The van der Waals surface area contributed by atoms with Crippen molar-refractivity contribution in [1.82, 2.24) is 0 Å². The highest BCUT2D eigenvalue weighted by Gasteiger charge is 2.11. The van der Waals surface area contributed by atoms with Crippen LogP contribution in [0.5, 0.6) is 0 Å². The first kappa shape index (κ1) is 10.2. The van der Waals surface area contributed by atoms with Crippen LogP contribution in [0.2, 0.25) is 0 Å². The summed E-state index contributed by atoms with van der Waals surface area (Å²) >= 11 is 0.992. The molecule has 0 fully saturated rings. The number of nitrogens with two attached hydrogens (primary N) is 1. The molecule has 0 aromatic heterocycles. The second-order valence-electron chi connectivity index (χ2n) is 1.85. The van der Waals surface area contributed by atoms with E-state index in [1.807, 2.05) is 0 Å². The van der Waals surface area contributed by atoms with Gasteiger partial charge in [0.1, 0.15) is 6.04 Å². The summed E-state index contributed by atoms with van der Waals surface area (Å²) in [4.78, 5) is 20.0. The monoisotopic (exact) mass is 182 g/mol. The Morgan fingerprint density at radius 3 is 2.36 bits per heavy atom. The van der Waals surface area contributed by atoms with E-state index < -0.39 is 18.0 Å². The second kappa shape index (κ2) is 4.97. The number of carbonyl (C=O) groups is 2. The molecule has 0 amide bonds. The van der Waals surface area contributed by atoms with Gasteiger partial charge in [0.25, 0.3) is 0 Å². The zero-order chi connectivity index (χ0) is 8.85. The molecule has 6 heteroatoms. The van der Waals surface area contributed by atoms with Gasteiger partial charge in [-0.05, 0) is 0 Å². The maximum absolute atomic E-state index is 10.1. The molecule has 0 aromatic rings. The van der Waals surface area contributed by atoms with Crippen LogP contribution < -0.4 is 5.73 Å². The Morgan fingerprint density at radius 2 is 2.00 bits per heavy atom. The highest BCUT2D eigenvalue weighted by Crippen LogP contribution is 2.00. The van der Waals surface area contributed by atoms with Gasteiger partial charge < -0.3 is 15.9 Å². The molecule has 4 N–H and O–H groups in total. The Labute approximate surface area is 67.6 Å². The zero-order valence-electron chi connectivity index (χ0n) is 5.69. The topological polar surface area (TPSA) is 101 Å². The van der Waals surface area contributed by atoms with Gasteiger partial charge in [-0.3, -0.25) is 9.59 Å². The number of hydrogen-bond donors (Lipinski definition) is 3. The lowest BCUT2D eigenvalue weighted by molar-refractivity contribution is -0.138. The predicted molar refractivity (Wildman–Crippen MR) is 40.6 cm³/mol. The summed E-state index contributed by atoms with van der Waals surface area (Å²) < 4.78 is 0. The van der Waals surface area contributed by atoms with Gasteiger partial charge >= 0.3 is 11.9 Å². The Balaban J connectivity index is 3.39. The number of hydrogen-bond acceptors (Lipinski definition) is 4. The molecule has 0 aromatic carbocycles. The number of carboxylic acids is 2. The van der Waals surface area contributed by atoms with E-state index in [1.165, 1.54) is 0 Å². The fourth-order valence-corrected chi connectivity index (χ4v) is 1.03. The standard InChI is InChI=1S/C5H9NO4S/c6-3(5(9)10)1-11-2-4(7)8/h3H,1-2,6H2,(H,7,8)(H,9,10)/t3-/m0/s1/i2+1,4+1,5+1. The van der Waals surface area contributed by atoms with Gasteiger partial charge in [0.2, 0.25) is 0 Å². The molecule has 0 aliphatic rings. The third-order valence-electron chi connectivity index (χ3n) is 0.840. The minimum atomic E-state index is -1.11. The smallest absolute Gasteiger partial charge is 0.321 e. The molecule has 0 saturated heterocycles. The zero-order valence-corrected chi connectivity index (χ0v) is 6.50. The molecule has 1 atom stereocenters. The SMILES string of the molecule is N[C@@H](CS[13CH2][13C](=O)O)[13C](=O)O. The van der Waals surface area contributed by atoms with Crippen LogP contribution in [-0.4, -0.2) is 39.7 Å². The van der Waals surface area contributed by atoms with Crippen molar-refractivity contribution < 1.29 is 19.8 Å². The molecule has 0 unspecified atom stereocenters. The van der Waals surface area contributed by atoms with Gasteiger partial charge in [0.15, 0.2) is 0 Å². The van der Waals surface area contributed by atoms with Gasteiger partial charge in [-0.2, -0.15) is 0 Å². The van der Waals surface area contributed by atoms with Crippen LogP contribution in [0.25, 0.3) is 0 Å². The van der Waals surface area contributed by atoms with Crippen molar-refractivity contribution >= 4 is 23.7 Å². The highest BCUT2D eigenvalue weighted by atomic mass is 32.2. The molecule has 0 radical (unpaired) electrons. The lowest BCUT2D eigenvalue weighted by Crippen LogP contribution is -2.32. The quantitative estimate of drug-likeness (QED) is 0.482. The van der Waals surface area contributed by atoms with Gasteiger partial charge in [-0.25, -0.2) is 0 Å². The first-order valence-electron chi connectivity index (χ1n) is 2.82. The first-order valence-corrected chi connectivity index (χ1v) is 3.97. The van der Waals surface area contributed by atoms with E-state index in [0.29, 0.717) is 0 Å². The van der Waals surface area contributed by atoms with Gasteiger partial charge in [-0.1, -0.05) is 0 Å². The summed E-state index contributed by atoms with van der Waals surface area (Å²) in [6, 6.07) is -0.973. The van der Waals surface area contributed by atoms with Crippen LogP contribution in [0.3, 0.4) is 0 Å². The number of rotatable bonds is 5. The Bertz CT molecular complexity index is 161. The number of aliphatic carboxylic acids is 2. The fraction of sp³-hybridized carbons (Fsp3) is 0.600. The van der Waals surface area contributed by atoms with E-state index in [0.717, 1.165) is 11.8 Å². The first-order chi connectivity index (χ1) is 5.04. The highest BCUT2D eigenvalue weighted by molar-refractivity contribution is 8.00. The molecule has 0 aliphatic heterocycles. The Morgan fingerprint density at radius 1 is 1.45 bits per heavy atom. The van der Waals surface area contributed by atoms with Crippen molar-refractivity contribution in [1.29, 1.82) is 0 Å². The summed E-state index contributed by atoms with van der Waals surface area (Å²) in [5, 5.41) is 16.4. The Kier molecular flexibility index (Phi) is 4.64. The molecular weight excluding hydrogens is 173 g/mol. The molecule has 0 spiro atoms. The van der Waals surface area contributed by atoms with Gasteiger partial charge in [-0.15, -0.1) is 11.8 Å². The minimum absolute atomic E-state index is 0.110. The molecule has 0 heterocycles. The maximum atomic E-state index is 10.1. The molecule has 0 rings (SSSR count). The fourth-order valence-electron chi connectivity index (χ4n) is 0.344. The van der Waals surface area contributed by atoms with Crippen LogP contribution >= 0.6 is 11.8 Å². The third kappa shape index (κ3) is 5.68. The third-order valence-corrected chi connectivity index (χ3v) is 1.89. The summed E-state index contributed by atoms with van der Waals surface area (Å²) in [5.41, 5.74) is 5.09. The molecule has 0 saturated carbocycles.